The minimum Gasteiger partial charge on any atom is -0.449 e. The number of hydrogen-bond acceptors (Lipinski definition) is 3. The van der Waals surface area contributed by atoms with Crippen molar-refractivity contribution >= 4 is 17.1 Å². The van der Waals surface area contributed by atoms with Gasteiger partial charge < -0.3 is 14.4 Å². The molecule has 274 valence electrons. The summed E-state index contributed by atoms with van der Waals surface area (Å²) >= 11 is 0. The van der Waals surface area contributed by atoms with E-state index in [9.17, 15) is 0 Å². The summed E-state index contributed by atoms with van der Waals surface area (Å²) in [5.74, 6) is 2.94. The van der Waals surface area contributed by atoms with E-state index in [0.29, 0.717) is 0 Å². The van der Waals surface area contributed by atoms with E-state index in [2.05, 4.69) is 184 Å². The molecule has 0 bridgehead atoms. The molecule has 8 aromatic carbocycles. The van der Waals surface area contributed by atoms with Gasteiger partial charge in [0, 0.05) is 28.0 Å². The molecule has 0 N–H and O–H groups in total. The number of nitrogens with zero attached hydrogens (tertiary/aromatic N) is 1. The van der Waals surface area contributed by atoms with E-state index >= 15 is 0 Å². The van der Waals surface area contributed by atoms with E-state index in [1.54, 1.807) is 0 Å². The Kier molecular flexibility index (Phi) is 7.25. The van der Waals surface area contributed by atoms with Crippen LogP contribution in [-0.4, -0.2) is 0 Å². The van der Waals surface area contributed by atoms with Crippen molar-refractivity contribution in [3.8, 4) is 45.3 Å². The first-order valence-corrected chi connectivity index (χ1v) is 19.8. The highest BCUT2D eigenvalue weighted by Gasteiger charge is 2.49. The molecule has 3 heteroatoms. The van der Waals surface area contributed by atoms with Crippen LogP contribution < -0.4 is 14.4 Å². The van der Waals surface area contributed by atoms with E-state index < -0.39 is 5.41 Å². The van der Waals surface area contributed by atoms with Gasteiger partial charge in [0.2, 0.25) is 0 Å². The van der Waals surface area contributed by atoms with E-state index in [1.807, 2.05) is 24.3 Å². The normalized spacial score (nSPS) is 16.2. The van der Waals surface area contributed by atoms with Crippen LogP contribution in [0, 0.1) is 13.8 Å². The Morgan fingerprint density at radius 3 is 1.68 bits per heavy atom. The van der Waals surface area contributed by atoms with Crippen LogP contribution in [0.1, 0.15) is 58.4 Å². The van der Waals surface area contributed by atoms with Crippen LogP contribution in [0.25, 0.3) is 22.3 Å². The molecule has 0 saturated carbocycles. The van der Waals surface area contributed by atoms with Crippen molar-refractivity contribution in [2.24, 2.45) is 0 Å². The smallest absolute Gasteiger partial charge is 0.178 e. The van der Waals surface area contributed by atoms with Gasteiger partial charge in [0.25, 0.3) is 0 Å². The maximum atomic E-state index is 6.83. The predicted molar refractivity (Wildman–Crippen MR) is 232 cm³/mol. The molecule has 11 rings (SSSR count). The number of aryl methyl sites for hydroxylation is 2. The minimum absolute atomic E-state index is 0.0998. The summed E-state index contributed by atoms with van der Waals surface area (Å²) in [4.78, 5) is 2.36. The highest BCUT2D eigenvalue weighted by atomic mass is 16.6. The number of anilines is 3. The van der Waals surface area contributed by atoms with Gasteiger partial charge in [0.1, 0.15) is 0 Å². The molecular weight excluding hydrogens is 695 g/mol. The summed E-state index contributed by atoms with van der Waals surface area (Å²) in [5.41, 5.74) is 17.4. The number of benzene rings is 8. The van der Waals surface area contributed by atoms with E-state index in [0.717, 1.165) is 51.2 Å². The average Bonchev–Trinajstić information content (AvgIpc) is 3.66. The van der Waals surface area contributed by atoms with Gasteiger partial charge in [0.05, 0.1) is 5.41 Å². The van der Waals surface area contributed by atoms with Gasteiger partial charge in [-0.15, -0.1) is 0 Å². The molecule has 0 saturated heterocycles. The molecule has 1 heterocycles. The van der Waals surface area contributed by atoms with Crippen molar-refractivity contribution in [2.45, 2.75) is 38.5 Å². The first-order chi connectivity index (χ1) is 27.8. The summed E-state index contributed by atoms with van der Waals surface area (Å²) < 4.78 is 13.4. The lowest BCUT2D eigenvalue weighted by Crippen LogP contribution is -2.29. The third-order valence-electron chi connectivity index (χ3n) is 12.5. The Bertz CT molecular complexity index is 2880. The first-order valence-electron chi connectivity index (χ1n) is 19.8. The lowest BCUT2D eigenvalue weighted by molar-refractivity contribution is 0.360. The molecule has 3 aliphatic rings. The third-order valence-corrected chi connectivity index (χ3v) is 12.5. The van der Waals surface area contributed by atoms with Crippen molar-refractivity contribution in [3.63, 3.8) is 0 Å². The van der Waals surface area contributed by atoms with Crippen LogP contribution in [-0.2, 0) is 10.8 Å². The van der Waals surface area contributed by atoms with Crippen molar-refractivity contribution in [3.05, 3.63) is 220 Å². The van der Waals surface area contributed by atoms with Crippen LogP contribution in [0.15, 0.2) is 176 Å². The quantitative estimate of drug-likeness (QED) is 0.176. The Morgan fingerprint density at radius 2 is 0.982 bits per heavy atom. The highest BCUT2D eigenvalue weighted by Crippen LogP contribution is 2.63. The minimum atomic E-state index is -0.659. The second-order valence-electron chi connectivity index (χ2n) is 16.3. The van der Waals surface area contributed by atoms with Gasteiger partial charge in [0.15, 0.2) is 23.0 Å². The number of hydrogen-bond donors (Lipinski definition) is 0. The predicted octanol–water partition coefficient (Wildman–Crippen LogP) is 14.3. The summed E-state index contributed by atoms with van der Waals surface area (Å²) in [6.45, 7) is 9.01. The zero-order valence-corrected chi connectivity index (χ0v) is 32.5. The van der Waals surface area contributed by atoms with Crippen LogP contribution in [0.4, 0.5) is 17.1 Å². The van der Waals surface area contributed by atoms with Gasteiger partial charge in [-0.1, -0.05) is 129 Å². The lowest BCUT2D eigenvalue weighted by atomic mass is 9.67. The van der Waals surface area contributed by atoms with Crippen molar-refractivity contribution in [1.82, 2.24) is 0 Å². The van der Waals surface area contributed by atoms with Crippen LogP contribution in [0.2, 0.25) is 0 Å². The van der Waals surface area contributed by atoms with Gasteiger partial charge in [-0.2, -0.15) is 0 Å². The maximum Gasteiger partial charge on any atom is 0.178 e. The molecule has 0 spiro atoms. The molecule has 8 aromatic rings. The van der Waals surface area contributed by atoms with Crippen molar-refractivity contribution in [1.29, 1.82) is 0 Å². The van der Waals surface area contributed by atoms with E-state index in [1.165, 1.54) is 55.6 Å². The molecule has 1 aliphatic heterocycles. The molecule has 1 atom stereocenters. The Hall–Kier alpha value is -6.84. The summed E-state index contributed by atoms with van der Waals surface area (Å²) in [5, 5.41) is 0. The van der Waals surface area contributed by atoms with Gasteiger partial charge in [-0.3, -0.25) is 0 Å². The zero-order chi connectivity index (χ0) is 38.5. The molecule has 0 fully saturated rings. The molecule has 0 radical (unpaired) electrons. The topological polar surface area (TPSA) is 21.7 Å². The number of rotatable bonds is 5. The maximum absolute atomic E-state index is 6.83. The van der Waals surface area contributed by atoms with Gasteiger partial charge in [-0.05, 0) is 136 Å². The molecular formula is C54H41NO2. The summed E-state index contributed by atoms with van der Waals surface area (Å²) in [6, 6.07) is 64.1. The highest BCUT2D eigenvalue weighted by molar-refractivity contribution is 5.93. The van der Waals surface area contributed by atoms with Crippen LogP contribution in [0.5, 0.6) is 23.0 Å². The molecule has 2 aliphatic carbocycles. The van der Waals surface area contributed by atoms with Crippen LogP contribution >= 0.6 is 0 Å². The zero-order valence-electron chi connectivity index (χ0n) is 32.5. The summed E-state index contributed by atoms with van der Waals surface area (Å²) in [7, 11) is 0. The van der Waals surface area contributed by atoms with E-state index in [-0.39, 0.29) is 5.41 Å². The fourth-order valence-corrected chi connectivity index (χ4v) is 9.93. The third kappa shape index (κ3) is 4.85. The molecule has 0 amide bonds. The SMILES string of the molecule is Cc1cccc(N(c2ccc(C3(c4ccc5c(c4)-c4ccccc4C5(C)C)c4ccccc4-c4c3ccc3c4Oc4ccccc4O3)cc2)c2cccc(C)c2)c1. The average molecular weight is 736 g/mol. The van der Waals surface area contributed by atoms with Crippen LogP contribution in [0.3, 0.4) is 0 Å². The van der Waals surface area contributed by atoms with E-state index in [4.69, 9.17) is 9.47 Å². The molecule has 57 heavy (non-hydrogen) atoms. The molecule has 1 unspecified atom stereocenters. The van der Waals surface area contributed by atoms with Crippen molar-refractivity contribution < 1.29 is 9.47 Å². The largest absolute Gasteiger partial charge is 0.449 e. The Labute approximate surface area is 334 Å². The number of para-hydroxylation sites is 2. The first kappa shape index (κ1) is 33.5. The second kappa shape index (κ2) is 12.3. The Balaban J connectivity index is 1.17. The summed E-state index contributed by atoms with van der Waals surface area (Å²) in [6.07, 6.45) is 0. The standard InChI is InChI=1S/C54H41NO2/c1-34-13-11-15-39(31-34)55(40-16-12-14-35(2)32-40)38-26-23-36(24-27-38)54(37-25-28-45-43(33-37)41-17-5-7-19-44(41)53(45,3)4)46-20-8-6-18-42(46)51-47(54)29-30-50-52(51)57-49-22-10-9-21-48(49)56-50/h5-33H,1-4H3. The van der Waals surface area contributed by atoms with Gasteiger partial charge in [-0.25, -0.2) is 0 Å². The second-order valence-corrected chi connectivity index (χ2v) is 16.3. The molecule has 3 nitrogen and oxygen atoms in total. The molecule has 0 aromatic heterocycles. The monoisotopic (exact) mass is 735 g/mol. The number of ether oxygens (including phenoxy) is 2. The fourth-order valence-electron chi connectivity index (χ4n) is 9.93. The Morgan fingerprint density at radius 1 is 0.404 bits per heavy atom. The lowest BCUT2D eigenvalue weighted by Gasteiger charge is -2.35. The fraction of sp³-hybridized carbons (Fsp3) is 0.111. The number of fused-ring (bicyclic) bond motifs is 9. The van der Waals surface area contributed by atoms with Crippen molar-refractivity contribution in [2.75, 3.05) is 4.90 Å². The van der Waals surface area contributed by atoms with Gasteiger partial charge >= 0.3 is 0 Å².